The molecule has 3 fully saturated rings. The molecule has 1 amide bonds. The number of hydrogen-bond donors (Lipinski definition) is 2. The number of hydrogen-bond acceptors (Lipinski definition) is 8. The fourth-order valence-corrected chi connectivity index (χ4v) is 6.21. The van der Waals surface area contributed by atoms with Crippen LogP contribution in [0.2, 0.25) is 0 Å². The molecular formula is C27H33F3N8O2. The van der Waals surface area contributed by atoms with Crippen LogP contribution in [0, 0.1) is 10.8 Å². The Morgan fingerprint density at radius 1 is 1.15 bits per heavy atom. The predicted octanol–water partition coefficient (Wildman–Crippen LogP) is 4.27. The zero-order valence-corrected chi connectivity index (χ0v) is 22.6. The number of rotatable bonds is 4. The normalized spacial score (nSPS) is 23.1. The Morgan fingerprint density at radius 3 is 2.50 bits per heavy atom. The summed E-state index contributed by atoms with van der Waals surface area (Å²) >= 11 is 0. The average molecular weight is 559 g/mol. The maximum atomic E-state index is 13.6. The fraction of sp³-hybridized carbons (Fsp3) is 0.593. The number of carbonyl (C=O) groups excluding carboxylic acids is 1. The Kier molecular flexibility index (Phi) is 6.11. The summed E-state index contributed by atoms with van der Waals surface area (Å²) in [5.74, 6) is 1.04. The van der Waals surface area contributed by atoms with Crippen LogP contribution >= 0.6 is 0 Å². The number of amidine groups is 1. The van der Waals surface area contributed by atoms with E-state index in [9.17, 15) is 18.0 Å². The lowest BCUT2D eigenvalue weighted by Gasteiger charge is -2.33. The highest BCUT2D eigenvalue weighted by atomic mass is 19.4. The van der Waals surface area contributed by atoms with Crippen LogP contribution in [0.25, 0.3) is 0 Å². The van der Waals surface area contributed by atoms with Crippen molar-refractivity contribution < 1.29 is 22.7 Å². The van der Waals surface area contributed by atoms with Gasteiger partial charge in [0, 0.05) is 19.6 Å². The molecule has 10 nitrogen and oxygen atoms in total. The molecule has 2 saturated heterocycles. The standard InChI is InChI=1S/C27H33F3N8O2/c1-25(2)20-21(31)34-18(15-40-24(32)37-11-3-4-17(37)27(28,29)30)35-22(20)38(23(25)39)16-5-6-19(33-14-16)36-12-9-26(7-8-26)10-13-36/h5-6,14,17,32H,3-4,7-13,15H2,1-2H3,(H2,31,34,35)/t17-/m1/s1. The molecule has 4 aliphatic rings. The molecule has 1 spiro atoms. The molecular weight excluding hydrogens is 525 g/mol. The van der Waals surface area contributed by atoms with E-state index in [4.69, 9.17) is 15.9 Å². The first-order chi connectivity index (χ1) is 18.9. The van der Waals surface area contributed by atoms with Crippen molar-refractivity contribution in [2.45, 2.75) is 76.6 Å². The molecule has 0 aromatic carbocycles. The number of nitrogens with zero attached hydrogens (tertiary/aromatic N) is 6. The van der Waals surface area contributed by atoms with Crippen LogP contribution in [0.1, 0.15) is 63.8 Å². The van der Waals surface area contributed by atoms with Crippen molar-refractivity contribution in [1.29, 1.82) is 5.41 Å². The van der Waals surface area contributed by atoms with E-state index in [1.54, 1.807) is 20.0 Å². The molecule has 13 heteroatoms. The smallest absolute Gasteiger partial charge is 0.408 e. The molecule has 2 aromatic heterocycles. The summed E-state index contributed by atoms with van der Waals surface area (Å²) < 4.78 is 45.4. The number of piperidine rings is 1. The number of nitrogen functional groups attached to an aromatic ring is 1. The first kappa shape index (κ1) is 26.6. The van der Waals surface area contributed by atoms with Crippen molar-refractivity contribution in [1.82, 2.24) is 19.9 Å². The second kappa shape index (κ2) is 9.20. The Hall–Kier alpha value is -3.64. The van der Waals surface area contributed by atoms with Gasteiger partial charge in [0.15, 0.2) is 12.4 Å². The van der Waals surface area contributed by atoms with Crippen LogP contribution < -0.4 is 15.5 Å². The summed E-state index contributed by atoms with van der Waals surface area (Å²) in [6.07, 6.45) is 2.42. The van der Waals surface area contributed by atoms with Crippen molar-refractivity contribution in [2.24, 2.45) is 5.41 Å². The SMILES string of the molecule is CC1(C)C(=O)N(c2ccc(N3CCC4(CC3)CC4)nc2)c2nc(COC(=N)N3CCC[C@@H]3C(F)(F)F)nc(N)c21. The number of nitrogens with one attached hydrogen (secondary N) is 1. The predicted molar refractivity (Wildman–Crippen MR) is 142 cm³/mol. The lowest BCUT2D eigenvalue weighted by atomic mass is 9.87. The highest BCUT2D eigenvalue weighted by molar-refractivity contribution is 6.12. The van der Waals surface area contributed by atoms with Gasteiger partial charge < -0.3 is 20.3 Å². The van der Waals surface area contributed by atoms with Crippen LogP contribution in [-0.2, 0) is 21.6 Å². The van der Waals surface area contributed by atoms with Crippen molar-refractivity contribution in [2.75, 3.05) is 35.2 Å². The van der Waals surface area contributed by atoms with E-state index < -0.39 is 23.7 Å². The largest absolute Gasteiger partial charge is 0.457 e. The van der Waals surface area contributed by atoms with Gasteiger partial charge >= 0.3 is 6.18 Å². The molecule has 40 heavy (non-hydrogen) atoms. The number of nitrogens with two attached hydrogens (primary N) is 1. The minimum Gasteiger partial charge on any atom is -0.457 e. The minimum atomic E-state index is -4.45. The summed E-state index contributed by atoms with van der Waals surface area (Å²) in [5.41, 5.74) is 6.82. The third-order valence-electron chi connectivity index (χ3n) is 8.86. The molecule has 1 aliphatic carbocycles. The average Bonchev–Trinajstić information content (AvgIpc) is 3.37. The number of amides is 1. The maximum absolute atomic E-state index is 13.6. The highest BCUT2D eigenvalue weighted by Crippen LogP contribution is 2.54. The number of alkyl halides is 3. The minimum absolute atomic E-state index is 0.0613. The first-order valence-corrected chi connectivity index (χ1v) is 13.7. The Balaban J connectivity index is 1.22. The maximum Gasteiger partial charge on any atom is 0.408 e. The summed E-state index contributed by atoms with van der Waals surface area (Å²) in [5, 5.41) is 8.09. The van der Waals surface area contributed by atoms with Crippen molar-refractivity contribution in [3.8, 4) is 0 Å². The van der Waals surface area contributed by atoms with E-state index in [1.807, 2.05) is 12.1 Å². The number of carbonyl (C=O) groups is 1. The Labute approximate surface area is 230 Å². The van der Waals surface area contributed by atoms with Crippen LogP contribution in [-0.4, -0.2) is 63.6 Å². The number of aromatic nitrogens is 3. The third kappa shape index (κ3) is 4.48. The van der Waals surface area contributed by atoms with Gasteiger partial charge in [-0.2, -0.15) is 13.2 Å². The Bertz CT molecular complexity index is 1330. The van der Waals surface area contributed by atoms with Gasteiger partial charge in [-0.25, -0.2) is 15.0 Å². The van der Waals surface area contributed by atoms with E-state index in [0.29, 0.717) is 23.1 Å². The summed E-state index contributed by atoms with van der Waals surface area (Å²) in [4.78, 5) is 31.6. The molecule has 0 unspecified atom stereocenters. The van der Waals surface area contributed by atoms with E-state index >= 15 is 0 Å². The molecule has 6 rings (SSSR count). The number of pyridine rings is 1. The van der Waals surface area contributed by atoms with Crippen molar-refractivity contribution in [3.63, 3.8) is 0 Å². The van der Waals surface area contributed by atoms with E-state index in [-0.39, 0.29) is 42.9 Å². The van der Waals surface area contributed by atoms with E-state index in [1.165, 1.54) is 30.6 Å². The van der Waals surface area contributed by atoms with Gasteiger partial charge in [-0.15, -0.1) is 0 Å². The van der Waals surface area contributed by atoms with Gasteiger partial charge in [0.25, 0.3) is 6.02 Å². The Morgan fingerprint density at radius 2 is 1.88 bits per heavy atom. The van der Waals surface area contributed by atoms with Crippen molar-refractivity contribution in [3.05, 3.63) is 29.7 Å². The topological polar surface area (TPSA) is 125 Å². The van der Waals surface area contributed by atoms with Crippen LogP contribution in [0.15, 0.2) is 18.3 Å². The van der Waals surface area contributed by atoms with Crippen LogP contribution in [0.5, 0.6) is 0 Å². The molecule has 0 bridgehead atoms. The quantitative estimate of drug-likeness (QED) is 0.421. The van der Waals surface area contributed by atoms with Crippen LogP contribution in [0.4, 0.5) is 36.3 Å². The van der Waals surface area contributed by atoms with Gasteiger partial charge in [-0.3, -0.25) is 15.1 Å². The first-order valence-electron chi connectivity index (χ1n) is 13.7. The molecule has 0 radical (unpaired) electrons. The van der Waals surface area contributed by atoms with Crippen LogP contribution in [0.3, 0.4) is 0 Å². The second-order valence-corrected chi connectivity index (χ2v) is 11.8. The van der Waals surface area contributed by atoms with Gasteiger partial charge in [0.1, 0.15) is 23.5 Å². The third-order valence-corrected chi connectivity index (χ3v) is 8.86. The van der Waals surface area contributed by atoms with Gasteiger partial charge in [-0.05, 0) is 69.9 Å². The summed E-state index contributed by atoms with van der Waals surface area (Å²) in [6, 6.07) is 1.39. The molecule has 3 N–H and O–H groups in total. The molecule has 2 aromatic rings. The lowest BCUT2D eigenvalue weighted by Crippen LogP contribution is -2.45. The molecule has 214 valence electrons. The molecule has 1 atom stereocenters. The fourth-order valence-electron chi connectivity index (χ4n) is 6.21. The zero-order valence-electron chi connectivity index (χ0n) is 22.6. The summed E-state index contributed by atoms with van der Waals surface area (Å²) in [7, 11) is 0. The van der Waals surface area contributed by atoms with Gasteiger partial charge in [0.2, 0.25) is 5.91 Å². The van der Waals surface area contributed by atoms with Crippen molar-refractivity contribution >= 4 is 35.1 Å². The monoisotopic (exact) mass is 558 g/mol. The molecule has 3 aliphatic heterocycles. The number of fused-ring (bicyclic) bond motifs is 1. The van der Waals surface area contributed by atoms with E-state index in [0.717, 1.165) is 23.8 Å². The number of likely N-dealkylation sites (tertiary alicyclic amines) is 1. The van der Waals surface area contributed by atoms with Gasteiger partial charge in [-0.1, -0.05) is 0 Å². The lowest BCUT2D eigenvalue weighted by molar-refractivity contribution is -0.169. The molecule has 5 heterocycles. The second-order valence-electron chi connectivity index (χ2n) is 11.8. The number of ether oxygens (including phenoxy) is 1. The molecule has 1 saturated carbocycles. The number of anilines is 4. The number of halogens is 3. The van der Waals surface area contributed by atoms with E-state index in [2.05, 4.69) is 19.9 Å². The van der Waals surface area contributed by atoms with Gasteiger partial charge in [0.05, 0.1) is 22.9 Å². The summed E-state index contributed by atoms with van der Waals surface area (Å²) in [6.45, 7) is 5.13. The zero-order chi connectivity index (χ0) is 28.4. The highest BCUT2D eigenvalue weighted by Gasteiger charge is 2.49.